The SMILES string of the molecule is COc1cccc([C@@H]2CCCN2C(=O)[C@H]2Cc3ccccc3S2)c1. The summed E-state index contributed by atoms with van der Waals surface area (Å²) >= 11 is 1.72. The van der Waals surface area contributed by atoms with E-state index in [0.717, 1.165) is 31.6 Å². The number of fused-ring (bicyclic) bond motifs is 1. The Morgan fingerprint density at radius 2 is 2.08 bits per heavy atom. The van der Waals surface area contributed by atoms with Crippen molar-refractivity contribution in [2.24, 2.45) is 0 Å². The van der Waals surface area contributed by atoms with Crippen molar-refractivity contribution in [1.82, 2.24) is 4.90 Å². The largest absolute Gasteiger partial charge is 0.497 e. The van der Waals surface area contributed by atoms with Gasteiger partial charge in [0.05, 0.1) is 18.4 Å². The van der Waals surface area contributed by atoms with E-state index in [4.69, 9.17) is 4.74 Å². The van der Waals surface area contributed by atoms with E-state index in [1.54, 1.807) is 18.9 Å². The molecule has 0 saturated carbocycles. The van der Waals surface area contributed by atoms with Gasteiger partial charge in [-0.3, -0.25) is 4.79 Å². The number of benzene rings is 2. The average molecular weight is 339 g/mol. The Morgan fingerprint density at radius 3 is 2.92 bits per heavy atom. The summed E-state index contributed by atoms with van der Waals surface area (Å²) < 4.78 is 5.34. The molecule has 0 aliphatic carbocycles. The maximum Gasteiger partial charge on any atom is 0.236 e. The minimum atomic E-state index is 0.0219. The number of carbonyl (C=O) groups is 1. The predicted molar refractivity (Wildman–Crippen MR) is 96.5 cm³/mol. The van der Waals surface area contributed by atoms with Crippen LogP contribution in [0.25, 0.3) is 0 Å². The maximum absolute atomic E-state index is 13.1. The number of hydrogen-bond acceptors (Lipinski definition) is 3. The number of likely N-dealkylation sites (tertiary alicyclic amines) is 1. The first-order chi connectivity index (χ1) is 11.8. The van der Waals surface area contributed by atoms with Gasteiger partial charge in [0.25, 0.3) is 0 Å². The summed E-state index contributed by atoms with van der Waals surface area (Å²) in [6.45, 7) is 0.855. The molecule has 0 N–H and O–H groups in total. The van der Waals surface area contributed by atoms with Crippen LogP contribution in [0.5, 0.6) is 5.75 Å². The number of rotatable bonds is 3. The number of amides is 1. The van der Waals surface area contributed by atoms with E-state index >= 15 is 0 Å². The number of methoxy groups -OCH3 is 1. The fraction of sp³-hybridized carbons (Fsp3) is 0.350. The summed E-state index contributed by atoms with van der Waals surface area (Å²) in [5, 5.41) is 0.0219. The third-order valence-corrected chi connectivity index (χ3v) is 6.24. The van der Waals surface area contributed by atoms with E-state index in [2.05, 4.69) is 35.2 Å². The first kappa shape index (κ1) is 15.6. The Bertz CT molecular complexity index is 736. The fourth-order valence-corrected chi connectivity index (χ4v) is 5.00. The van der Waals surface area contributed by atoms with E-state index < -0.39 is 0 Å². The number of thioether (sulfide) groups is 1. The molecule has 0 unspecified atom stereocenters. The van der Waals surface area contributed by atoms with Gasteiger partial charge >= 0.3 is 0 Å². The summed E-state index contributed by atoms with van der Waals surface area (Å²) in [6.07, 6.45) is 2.95. The second kappa shape index (κ2) is 6.52. The lowest BCUT2D eigenvalue weighted by Gasteiger charge is -2.27. The van der Waals surface area contributed by atoms with Crippen LogP contribution in [0.4, 0.5) is 0 Å². The highest BCUT2D eigenvalue weighted by molar-refractivity contribution is 8.01. The van der Waals surface area contributed by atoms with E-state index in [0.29, 0.717) is 0 Å². The second-order valence-corrected chi connectivity index (χ2v) is 7.63. The van der Waals surface area contributed by atoms with Crippen LogP contribution in [0.3, 0.4) is 0 Å². The van der Waals surface area contributed by atoms with Gasteiger partial charge in [-0.15, -0.1) is 11.8 Å². The van der Waals surface area contributed by atoms with Gasteiger partial charge in [0.15, 0.2) is 0 Å². The van der Waals surface area contributed by atoms with Crippen LogP contribution >= 0.6 is 11.8 Å². The van der Waals surface area contributed by atoms with Crippen LogP contribution < -0.4 is 4.74 Å². The molecule has 1 amide bonds. The number of ether oxygens (including phenoxy) is 1. The van der Waals surface area contributed by atoms with E-state index in [1.807, 2.05) is 18.2 Å². The van der Waals surface area contributed by atoms with Crippen molar-refractivity contribution in [2.75, 3.05) is 13.7 Å². The topological polar surface area (TPSA) is 29.5 Å². The van der Waals surface area contributed by atoms with Crippen LogP contribution in [0.2, 0.25) is 0 Å². The first-order valence-electron chi connectivity index (χ1n) is 8.45. The molecule has 0 aromatic heterocycles. The van der Waals surface area contributed by atoms with Gasteiger partial charge in [-0.2, -0.15) is 0 Å². The van der Waals surface area contributed by atoms with Crippen LogP contribution in [0.1, 0.15) is 30.0 Å². The molecular weight excluding hydrogens is 318 g/mol. The molecular formula is C20H21NO2S. The first-order valence-corrected chi connectivity index (χ1v) is 9.33. The Morgan fingerprint density at radius 1 is 1.21 bits per heavy atom. The van der Waals surface area contributed by atoms with Gasteiger partial charge in [-0.1, -0.05) is 30.3 Å². The molecule has 2 aromatic carbocycles. The Labute approximate surface area is 147 Å². The van der Waals surface area contributed by atoms with Crippen molar-refractivity contribution in [1.29, 1.82) is 0 Å². The van der Waals surface area contributed by atoms with Crippen LogP contribution in [-0.2, 0) is 11.2 Å². The molecule has 3 nitrogen and oxygen atoms in total. The molecule has 2 aromatic rings. The third-order valence-electron chi connectivity index (χ3n) is 4.94. The van der Waals surface area contributed by atoms with Crippen molar-refractivity contribution in [2.45, 2.75) is 35.4 Å². The van der Waals surface area contributed by atoms with Gasteiger partial charge in [-0.25, -0.2) is 0 Å². The van der Waals surface area contributed by atoms with Crippen molar-refractivity contribution >= 4 is 17.7 Å². The lowest BCUT2D eigenvalue weighted by Crippen LogP contribution is -2.37. The van der Waals surface area contributed by atoms with Crippen LogP contribution in [0, 0.1) is 0 Å². The minimum Gasteiger partial charge on any atom is -0.497 e. The smallest absolute Gasteiger partial charge is 0.236 e. The van der Waals surface area contributed by atoms with Crippen molar-refractivity contribution in [3.8, 4) is 5.75 Å². The van der Waals surface area contributed by atoms with Gasteiger partial charge < -0.3 is 9.64 Å². The summed E-state index contributed by atoms with van der Waals surface area (Å²) in [6, 6.07) is 16.7. The lowest BCUT2D eigenvalue weighted by molar-refractivity contribution is -0.131. The number of carbonyl (C=O) groups excluding carboxylic acids is 1. The van der Waals surface area contributed by atoms with Gasteiger partial charge in [0.1, 0.15) is 5.75 Å². The van der Waals surface area contributed by atoms with Gasteiger partial charge in [0.2, 0.25) is 5.91 Å². The molecule has 2 aliphatic rings. The standard InChI is InChI=1S/C20H21NO2S/c1-23-16-8-4-7-14(12-16)17-9-5-11-21(17)20(22)19-13-15-6-2-3-10-18(15)24-19/h2-4,6-8,10,12,17,19H,5,9,11,13H2,1H3/t17-,19+/m0/s1. The number of hydrogen-bond donors (Lipinski definition) is 0. The zero-order valence-corrected chi connectivity index (χ0v) is 14.6. The van der Waals surface area contributed by atoms with E-state index in [1.165, 1.54) is 16.0 Å². The molecule has 24 heavy (non-hydrogen) atoms. The summed E-state index contributed by atoms with van der Waals surface area (Å²) in [5.74, 6) is 1.14. The monoisotopic (exact) mass is 339 g/mol. The Balaban J connectivity index is 1.54. The Kier molecular flexibility index (Phi) is 4.23. The molecule has 0 radical (unpaired) electrons. The van der Waals surface area contributed by atoms with Crippen LogP contribution in [-0.4, -0.2) is 29.7 Å². The van der Waals surface area contributed by atoms with Crippen molar-refractivity contribution in [3.63, 3.8) is 0 Å². The van der Waals surface area contributed by atoms with Crippen molar-refractivity contribution < 1.29 is 9.53 Å². The van der Waals surface area contributed by atoms with E-state index in [9.17, 15) is 4.79 Å². The highest BCUT2D eigenvalue weighted by atomic mass is 32.2. The predicted octanol–water partition coefficient (Wildman–Crippen LogP) is 4.08. The normalized spacial score (nSPS) is 22.5. The molecule has 2 heterocycles. The fourth-order valence-electron chi connectivity index (χ4n) is 3.73. The zero-order chi connectivity index (χ0) is 16.5. The van der Waals surface area contributed by atoms with Gasteiger partial charge in [-0.05, 0) is 48.6 Å². The summed E-state index contributed by atoms with van der Waals surface area (Å²) in [5.41, 5.74) is 2.48. The second-order valence-electron chi connectivity index (χ2n) is 6.38. The molecule has 4 heteroatoms. The third kappa shape index (κ3) is 2.80. The number of nitrogens with zero attached hydrogens (tertiary/aromatic N) is 1. The summed E-state index contributed by atoms with van der Waals surface area (Å²) in [7, 11) is 1.68. The molecule has 124 valence electrons. The Hall–Kier alpha value is -1.94. The summed E-state index contributed by atoms with van der Waals surface area (Å²) in [4.78, 5) is 16.5. The maximum atomic E-state index is 13.1. The molecule has 0 bridgehead atoms. The molecule has 2 aliphatic heterocycles. The molecule has 1 fully saturated rings. The molecule has 1 saturated heterocycles. The lowest BCUT2D eigenvalue weighted by atomic mass is 10.0. The van der Waals surface area contributed by atoms with Gasteiger partial charge in [0, 0.05) is 11.4 Å². The molecule has 2 atom stereocenters. The van der Waals surface area contributed by atoms with E-state index in [-0.39, 0.29) is 17.2 Å². The van der Waals surface area contributed by atoms with Crippen LogP contribution in [0.15, 0.2) is 53.4 Å². The quantitative estimate of drug-likeness (QED) is 0.844. The highest BCUT2D eigenvalue weighted by Gasteiger charge is 2.37. The molecule has 4 rings (SSSR count). The zero-order valence-electron chi connectivity index (χ0n) is 13.8. The highest BCUT2D eigenvalue weighted by Crippen LogP contribution is 2.41. The van der Waals surface area contributed by atoms with Crippen molar-refractivity contribution in [3.05, 3.63) is 59.7 Å². The minimum absolute atomic E-state index is 0.0219. The average Bonchev–Trinajstić information content (AvgIpc) is 3.28. The molecule has 0 spiro atoms.